The van der Waals surface area contributed by atoms with Crippen molar-refractivity contribution in [2.24, 2.45) is 0 Å². The summed E-state index contributed by atoms with van der Waals surface area (Å²) in [6.45, 7) is 7.60. The van der Waals surface area contributed by atoms with Crippen molar-refractivity contribution in [3.8, 4) is 11.3 Å². The van der Waals surface area contributed by atoms with E-state index in [1.807, 2.05) is 0 Å². The molecule has 0 bridgehead atoms. The van der Waals surface area contributed by atoms with E-state index >= 15 is 0 Å². The van der Waals surface area contributed by atoms with Gasteiger partial charge in [0.15, 0.2) is 5.76 Å². The molecule has 1 unspecified atom stereocenters. The fraction of sp³-hybridized carbons (Fsp3) is 0.545. The minimum Gasteiger partial charge on any atom is -0.444 e. The normalized spacial score (nSPS) is 20.8. The number of hydrogen-bond donors (Lipinski definition) is 0. The number of halogens is 1. The van der Waals surface area contributed by atoms with E-state index < -0.39 is 46.4 Å². The zero-order chi connectivity index (χ0) is 24.6. The van der Waals surface area contributed by atoms with Crippen LogP contribution in [0, 0.1) is 0 Å². The molecule has 1 saturated heterocycles. The predicted octanol–water partition coefficient (Wildman–Crippen LogP) is 4.20. The number of carbonyl (C=O) groups is 1. The van der Waals surface area contributed by atoms with E-state index in [2.05, 4.69) is 5.16 Å². The summed E-state index contributed by atoms with van der Waals surface area (Å²) in [5, 5.41) is 3.80. The maximum absolute atomic E-state index is 14.1. The maximum Gasteiger partial charge on any atom is 0.413 e. The molecule has 3 rings (SSSR count). The minimum atomic E-state index is -3.59. The number of ether oxygens (including phenoxy) is 2. The molecule has 182 valence electrons. The van der Waals surface area contributed by atoms with Crippen LogP contribution >= 0.6 is 0 Å². The van der Waals surface area contributed by atoms with Crippen LogP contribution in [0.2, 0.25) is 0 Å². The van der Waals surface area contributed by atoms with E-state index in [1.165, 1.54) is 4.90 Å². The molecule has 2 atom stereocenters. The number of nitrogens with zero attached hydrogens (tertiary/aromatic N) is 2. The third-order valence-corrected chi connectivity index (χ3v) is 5.47. The molecule has 0 spiro atoms. The fourth-order valence-electron chi connectivity index (χ4n) is 3.61. The Kier molecular flexibility index (Phi) is 6.88. The quantitative estimate of drug-likeness (QED) is 0.562. The van der Waals surface area contributed by atoms with E-state index in [0.29, 0.717) is 22.6 Å². The Labute approximate surface area is 192 Å². The molecule has 0 N–H and O–H groups in total. The monoisotopic (exact) mass is 484 g/mol. The Bertz CT molecular complexity index is 1090. The first-order valence-corrected chi connectivity index (χ1v) is 12.2. The molecule has 0 saturated carbocycles. The predicted molar refractivity (Wildman–Crippen MR) is 117 cm³/mol. The second-order valence-electron chi connectivity index (χ2n) is 9.33. The highest BCUT2D eigenvalue weighted by Crippen LogP contribution is 2.42. The number of amides is 1. The van der Waals surface area contributed by atoms with E-state index in [0.717, 1.165) is 6.26 Å². The highest BCUT2D eigenvalue weighted by atomic mass is 32.2. The van der Waals surface area contributed by atoms with Gasteiger partial charge >= 0.3 is 6.09 Å². The molecule has 2 aromatic rings. The van der Waals surface area contributed by atoms with E-state index in [-0.39, 0.29) is 6.61 Å². The van der Waals surface area contributed by atoms with Crippen LogP contribution in [0.3, 0.4) is 0 Å². The van der Waals surface area contributed by atoms with Crippen molar-refractivity contribution in [2.45, 2.75) is 64.7 Å². The second kappa shape index (κ2) is 9.03. The molecule has 9 nitrogen and oxygen atoms in total. The lowest BCUT2D eigenvalue weighted by atomic mass is 10.0. The Morgan fingerprint density at radius 2 is 1.88 bits per heavy atom. The van der Waals surface area contributed by atoms with Gasteiger partial charge in [0.1, 0.15) is 36.4 Å². The van der Waals surface area contributed by atoms with Gasteiger partial charge < -0.3 is 14.0 Å². The molecule has 0 aliphatic carbocycles. The minimum absolute atomic E-state index is 0.232. The first-order valence-electron chi connectivity index (χ1n) is 10.4. The smallest absolute Gasteiger partial charge is 0.413 e. The van der Waals surface area contributed by atoms with E-state index in [4.69, 9.17) is 18.2 Å². The van der Waals surface area contributed by atoms with Crippen molar-refractivity contribution >= 4 is 16.2 Å². The average molecular weight is 485 g/mol. The molecular weight excluding hydrogens is 455 g/mol. The molecule has 1 aliphatic heterocycles. The summed E-state index contributed by atoms with van der Waals surface area (Å²) >= 11 is 0. The number of hydrogen-bond acceptors (Lipinski definition) is 8. The lowest BCUT2D eigenvalue weighted by Crippen LogP contribution is -2.50. The third-order valence-electron chi connectivity index (χ3n) is 4.93. The van der Waals surface area contributed by atoms with Crippen LogP contribution in [-0.2, 0) is 30.4 Å². The highest BCUT2D eigenvalue weighted by molar-refractivity contribution is 7.85. The molecule has 1 fully saturated rings. The standard InChI is InChI=1S/C22H29FN2O7S/c1-21(2,3)31-20(26)25-17(12-23)19(30-22(25,4)5)15-9-7-14(8-10-15)18-11-16(24-32-18)13-29-33(6,27)28/h7-11,17,19H,12-13H2,1-6H3/t17?,19-/m1/s1. The number of aromatic nitrogens is 1. The van der Waals surface area contributed by atoms with Gasteiger partial charge in [-0.2, -0.15) is 8.42 Å². The molecule has 0 radical (unpaired) electrons. The Balaban J connectivity index is 1.79. The van der Waals surface area contributed by atoms with Gasteiger partial charge in [-0.1, -0.05) is 29.4 Å². The molecule has 33 heavy (non-hydrogen) atoms. The molecule has 1 aromatic heterocycles. The largest absolute Gasteiger partial charge is 0.444 e. The SMILES string of the molecule is CC(C)(C)OC(=O)N1C(CF)[C@@H](c2ccc(-c3cc(COS(C)(=O)=O)no3)cc2)OC1(C)C. The Morgan fingerprint density at radius 1 is 1.24 bits per heavy atom. The fourth-order valence-corrected chi connectivity index (χ4v) is 3.94. The Morgan fingerprint density at radius 3 is 2.42 bits per heavy atom. The first kappa shape index (κ1) is 25.1. The van der Waals surface area contributed by atoms with Gasteiger partial charge in [0.2, 0.25) is 0 Å². The van der Waals surface area contributed by atoms with Gasteiger partial charge in [-0.25, -0.2) is 9.18 Å². The average Bonchev–Trinajstić information content (AvgIpc) is 3.26. The zero-order valence-corrected chi connectivity index (χ0v) is 20.3. The van der Waals surface area contributed by atoms with Gasteiger partial charge in [-0.05, 0) is 40.2 Å². The van der Waals surface area contributed by atoms with Gasteiger partial charge in [-0.3, -0.25) is 9.08 Å². The number of alkyl halides is 1. The number of benzene rings is 1. The van der Waals surface area contributed by atoms with Gasteiger partial charge in [0.05, 0.1) is 12.3 Å². The number of carbonyl (C=O) groups excluding carboxylic acids is 1. The molecule has 1 amide bonds. The van der Waals surface area contributed by atoms with Crippen LogP contribution in [0.15, 0.2) is 34.9 Å². The van der Waals surface area contributed by atoms with E-state index in [9.17, 15) is 17.6 Å². The van der Waals surface area contributed by atoms with Crippen LogP contribution in [0.4, 0.5) is 9.18 Å². The van der Waals surface area contributed by atoms with Crippen molar-refractivity contribution < 1.29 is 35.8 Å². The van der Waals surface area contributed by atoms with Gasteiger partial charge in [0, 0.05) is 11.6 Å². The molecular formula is C22H29FN2O7S. The van der Waals surface area contributed by atoms with Gasteiger partial charge in [-0.15, -0.1) is 0 Å². The third kappa shape index (κ3) is 6.10. The van der Waals surface area contributed by atoms with Crippen LogP contribution in [-0.4, -0.2) is 54.9 Å². The molecule has 11 heteroatoms. The van der Waals surface area contributed by atoms with Crippen LogP contribution in [0.25, 0.3) is 11.3 Å². The van der Waals surface area contributed by atoms with Crippen LogP contribution < -0.4 is 0 Å². The lowest BCUT2D eigenvalue weighted by molar-refractivity contribution is -0.0797. The topological polar surface area (TPSA) is 108 Å². The van der Waals surface area contributed by atoms with Crippen molar-refractivity contribution in [2.75, 3.05) is 12.9 Å². The lowest BCUT2D eigenvalue weighted by Gasteiger charge is -2.34. The highest BCUT2D eigenvalue weighted by Gasteiger charge is 2.51. The van der Waals surface area contributed by atoms with Crippen LogP contribution in [0.5, 0.6) is 0 Å². The second-order valence-corrected chi connectivity index (χ2v) is 11.0. The Hall–Kier alpha value is -2.50. The summed E-state index contributed by atoms with van der Waals surface area (Å²) in [6, 6.07) is 7.73. The zero-order valence-electron chi connectivity index (χ0n) is 19.5. The summed E-state index contributed by atoms with van der Waals surface area (Å²) in [5.41, 5.74) is -0.112. The van der Waals surface area contributed by atoms with Crippen LogP contribution in [0.1, 0.15) is 52.0 Å². The number of rotatable bonds is 6. The molecule has 1 aromatic carbocycles. The van der Waals surface area contributed by atoms with Crippen molar-refractivity contribution in [1.82, 2.24) is 10.1 Å². The summed E-state index contributed by atoms with van der Waals surface area (Å²) in [5.74, 6) is 0.416. The summed E-state index contributed by atoms with van der Waals surface area (Å²) in [4.78, 5) is 14.1. The summed E-state index contributed by atoms with van der Waals surface area (Å²) in [6.07, 6.45) is -0.381. The first-order chi connectivity index (χ1) is 15.2. The van der Waals surface area contributed by atoms with E-state index in [1.54, 1.807) is 65.0 Å². The van der Waals surface area contributed by atoms with Gasteiger partial charge in [0.25, 0.3) is 10.1 Å². The summed E-state index contributed by atoms with van der Waals surface area (Å²) in [7, 11) is -3.59. The van der Waals surface area contributed by atoms with Crippen molar-refractivity contribution in [1.29, 1.82) is 0 Å². The molecule has 1 aliphatic rings. The summed E-state index contributed by atoms with van der Waals surface area (Å²) < 4.78 is 57.9. The molecule has 2 heterocycles. The maximum atomic E-state index is 14.1. The van der Waals surface area contributed by atoms with Crippen molar-refractivity contribution in [3.05, 3.63) is 41.6 Å². The van der Waals surface area contributed by atoms with Crippen molar-refractivity contribution in [3.63, 3.8) is 0 Å².